The van der Waals surface area contributed by atoms with Gasteiger partial charge in [-0.15, -0.1) is 0 Å². The Hall–Kier alpha value is -2.00. The van der Waals surface area contributed by atoms with Gasteiger partial charge in [-0.2, -0.15) is 13.2 Å². The largest absolute Gasteiger partial charge is 0.433 e. The van der Waals surface area contributed by atoms with Crippen LogP contribution >= 0.6 is 23.4 Å². The predicted molar refractivity (Wildman–Crippen MR) is 91.4 cm³/mol. The van der Waals surface area contributed by atoms with E-state index >= 15 is 0 Å². The molecule has 3 rings (SSSR count). The molecule has 25 heavy (non-hydrogen) atoms. The van der Waals surface area contributed by atoms with E-state index in [1.54, 1.807) is 6.92 Å². The van der Waals surface area contributed by atoms with Crippen molar-refractivity contribution >= 4 is 40.1 Å². The second-order valence-electron chi connectivity index (χ2n) is 5.42. The molecule has 0 fully saturated rings. The molecular formula is C15H13ClF3N5S. The number of hydrogen-bond donors (Lipinski definition) is 1. The van der Waals surface area contributed by atoms with Gasteiger partial charge in [0.1, 0.15) is 5.82 Å². The van der Waals surface area contributed by atoms with Crippen LogP contribution in [0.4, 0.5) is 19.0 Å². The third kappa shape index (κ3) is 3.67. The summed E-state index contributed by atoms with van der Waals surface area (Å²) < 4.78 is 40.4. The van der Waals surface area contributed by atoms with Crippen molar-refractivity contribution in [1.82, 2.24) is 19.5 Å². The van der Waals surface area contributed by atoms with Crippen LogP contribution in [0.2, 0.25) is 5.15 Å². The van der Waals surface area contributed by atoms with E-state index in [9.17, 15) is 13.2 Å². The highest BCUT2D eigenvalue weighted by molar-refractivity contribution is 7.99. The molecule has 5 nitrogen and oxygen atoms in total. The van der Waals surface area contributed by atoms with Crippen molar-refractivity contribution in [1.29, 1.82) is 0 Å². The molecule has 0 spiro atoms. The number of nitrogen functional groups attached to an aromatic ring is 1. The van der Waals surface area contributed by atoms with Crippen LogP contribution in [0, 0.1) is 0 Å². The van der Waals surface area contributed by atoms with Gasteiger partial charge in [0.15, 0.2) is 16.0 Å². The summed E-state index contributed by atoms with van der Waals surface area (Å²) in [5.41, 5.74) is 5.81. The average Bonchev–Trinajstić information content (AvgIpc) is 2.87. The maximum atomic E-state index is 12.9. The molecule has 1 unspecified atom stereocenters. The monoisotopic (exact) mass is 387 g/mol. The van der Waals surface area contributed by atoms with E-state index in [0.717, 1.165) is 22.7 Å². The zero-order chi connectivity index (χ0) is 18.4. The lowest BCUT2D eigenvalue weighted by Gasteiger charge is -2.13. The Labute approximate surface area is 150 Å². The smallest absolute Gasteiger partial charge is 0.384 e. The number of pyridine rings is 1. The number of halogens is 4. The molecule has 0 aromatic carbocycles. The van der Waals surface area contributed by atoms with Crippen LogP contribution in [-0.2, 0) is 13.2 Å². The van der Waals surface area contributed by atoms with Crippen molar-refractivity contribution in [3.8, 4) is 0 Å². The molecule has 3 aromatic rings. The molecule has 0 radical (unpaired) electrons. The molecule has 1 atom stereocenters. The summed E-state index contributed by atoms with van der Waals surface area (Å²) in [5, 5.41) is 0.849. The van der Waals surface area contributed by atoms with Gasteiger partial charge in [0, 0.05) is 24.7 Å². The molecule has 10 heteroatoms. The normalized spacial score (nSPS) is 13.4. The number of nitrogens with two attached hydrogens (primary N) is 1. The SMILES string of the molecule is CC(Sc1nc(N)cc(C(F)(F)F)n1)c1cc2ccn(C)c2c(Cl)n1. The molecule has 0 aliphatic carbocycles. The van der Waals surface area contributed by atoms with Crippen LogP contribution in [0.15, 0.2) is 29.6 Å². The number of rotatable bonds is 3. The standard InChI is InChI=1S/C15H13ClF3N5S/c1-7(9-5-8-3-4-24(2)12(8)13(16)21-9)25-14-22-10(15(17,18)19)6-11(20)23-14/h3-7H,1-2H3,(H2,20,22,23). The summed E-state index contributed by atoms with van der Waals surface area (Å²) in [6.07, 6.45) is -2.73. The number of aromatic nitrogens is 4. The first-order chi connectivity index (χ1) is 11.6. The molecule has 3 heterocycles. The average molecular weight is 388 g/mol. The molecule has 0 saturated carbocycles. The maximum Gasteiger partial charge on any atom is 0.433 e. The Morgan fingerprint density at radius 1 is 1.24 bits per heavy atom. The second kappa shape index (κ2) is 6.38. The number of hydrogen-bond acceptors (Lipinski definition) is 5. The number of fused-ring (bicyclic) bond motifs is 1. The first kappa shape index (κ1) is 17.8. The van der Waals surface area contributed by atoms with E-state index in [4.69, 9.17) is 17.3 Å². The summed E-state index contributed by atoms with van der Waals surface area (Å²) in [7, 11) is 1.85. The molecule has 0 saturated heterocycles. The Morgan fingerprint density at radius 3 is 2.64 bits per heavy atom. The van der Waals surface area contributed by atoms with Gasteiger partial charge in [-0.1, -0.05) is 23.4 Å². The highest BCUT2D eigenvalue weighted by Gasteiger charge is 2.33. The van der Waals surface area contributed by atoms with Gasteiger partial charge < -0.3 is 10.3 Å². The van der Waals surface area contributed by atoms with Gasteiger partial charge >= 0.3 is 6.18 Å². The Morgan fingerprint density at radius 2 is 1.96 bits per heavy atom. The predicted octanol–water partition coefficient (Wildman–Crippen LogP) is 4.47. The van der Waals surface area contributed by atoms with Crippen LogP contribution in [-0.4, -0.2) is 19.5 Å². The third-order valence-electron chi connectivity index (χ3n) is 3.54. The Kier molecular flexibility index (Phi) is 4.54. The van der Waals surface area contributed by atoms with E-state index in [2.05, 4.69) is 15.0 Å². The zero-order valence-electron chi connectivity index (χ0n) is 13.2. The van der Waals surface area contributed by atoms with E-state index in [1.165, 1.54) is 0 Å². The minimum absolute atomic E-state index is 0.0640. The van der Waals surface area contributed by atoms with Gasteiger partial charge in [0.2, 0.25) is 0 Å². The lowest BCUT2D eigenvalue weighted by Crippen LogP contribution is -2.11. The summed E-state index contributed by atoms with van der Waals surface area (Å²) >= 11 is 7.26. The number of anilines is 1. The minimum atomic E-state index is -4.58. The van der Waals surface area contributed by atoms with Crippen molar-refractivity contribution in [2.24, 2.45) is 7.05 Å². The molecule has 2 N–H and O–H groups in total. The van der Waals surface area contributed by atoms with E-state index < -0.39 is 11.9 Å². The van der Waals surface area contributed by atoms with Crippen LogP contribution in [0.5, 0.6) is 0 Å². The molecular weight excluding hydrogens is 375 g/mol. The summed E-state index contributed by atoms with van der Waals surface area (Å²) in [5.74, 6) is -0.235. The minimum Gasteiger partial charge on any atom is -0.384 e. The summed E-state index contributed by atoms with van der Waals surface area (Å²) in [4.78, 5) is 11.7. The maximum absolute atomic E-state index is 12.9. The highest BCUT2D eigenvalue weighted by Crippen LogP contribution is 2.36. The van der Waals surface area contributed by atoms with Gasteiger partial charge in [0.25, 0.3) is 0 Å². The van der Waals surface area contributed by atoms with Crippen molar-refractivity contribution in [3.05, 3.63) is 40.9 Å². The molecule has 0 bridgehead atoms. The van der Waals surface area contributed by atoms with Gasteiger partial charge in [0.05, 0.1) is 16.5 Å². The Bertz CT molecular complexity index is 941. The van der Waals surface area contributed by atoms with Crippen molar-refractivity contribution in [2.75, 3.05) is 5.73 Å². The van der Waals surface area contributed by atoms with Crippen LogP contribution < -0.4 is 5.73 Å². The van der Waals surface area contributed by atoms with E-state index in [0.29, 0.717) is 16.9 Å². The fraction of sp³-hybridized carbons (Fsp3) is 0.267. The zero-order valence-corrected chi connectivity index (χ0v) is 14.7. The Balaban J connectivity index is 1.92. The summed E-state index contributed by atoms with van der Waals surface area (Å²) in [6.45, 7) is 1.79. The fourth-order valence-electron chi connectivity index (χ4n) is 2.36. The van der Waals surface area contributed by atoms with Crippen molar-refractivity contribution in [3.63, 3.8) is 0 Å². The second-order valence-corrected chi connectivity index (χ2v) is 7.09. The van der Waals surface area contributed by atoms with Crippen LogP contribution in [0.3, 0.4) is 0 Å². The molecule has 0 aliphatic rings. The number of aryl methyl sites for hydroxylation is 1. The lowest BCUT2D eigenvalue weighted by atomic mass is 10.2. The van der Waals surface area contributed by atoms with Crippen LogP contribution in [0.25, 0.3) is 10.9 Å². The third-order valence-corrected chi connectivity index (χ3v) is 4.80. The number of alkyl halides is 3. The quantitative estimate of drug-likeness (QED) is 0.408. The molecule has 3 aromatic heterocycles. The topological polar surface area (TPSA) is 69.6 Å². The van der Waals surface area contributed by atoms with Crippen molar-refractivity contribution in [2.45, 2.75) is 23.5 Å². The fourth-order valence-corrected chi connectivity index (χ4v) is 3.56. The van der Waals surface area contributed by atoms with Gasteiger partial charge in [-0.3, -0.25) is 0 Å². The number of thioether (sulfide) groups is 1. The molecule has 0 aliphatic heterocycles. The van der Waals surface area contributed by atoms with Crippen LogP contribution in [0.1, 0.15) is 23.6 Å². The first-order valence-corrected chi connectivity index (χ1v) is 8.41. The molecule has 0 amide bonds. The van der Waals surface area contributed by atoms with Gasteiger partial charge in [-0.05, 0) is 19.1 Å². The van der Waals surface area contributed by atoms with Crippen molar-refractivity contribution < 1.29 is 13.2 Å². The lowest BCUT2D eigenvalue weighted by molar-refractivity contribution is -0.141. The highest BCUT2D eigenvalue weighted by atomic mass is 35.5. The van der Waals surface area contributed by atoms with E-state index in [-0.39, 0.29) is 16.2 Å². The summed E-state index contributed by atoms with van der Waals surface area (Å²) in [6, 6.07) is 4.44. The van der Waals surface area contributed by atoms with E-state index in [1.807, 2.05) is 29.9 Å². The number of nitrogens with zero attached hydrogens (tertiary/aromatic N) is 4. The molecule has 132 valence electrons. The van der Waals surface area contributed by atoms with Gasteiger partial charge in [-0.25, -0.2) is 15.0 Å². The first-order valence-electron chi connectivity index (χ1n) is 7.15.